The molecule has 2 heterocycles. The number of amides is 3. The van der Waals surface area contributed by atoms with E-state index in [1.165, 1.54) is 0 Å². The number of piperidine rings is 1. The second-order valence-electron chi connectivity index (χ2n) is 7.87. The van der Waals surface area contributed by atoms with Gasteiger partial charge in [-0.2, -0.15) is 0 Å². The normalized spacial score (nSPS) is 23.5. The molecule has 0 aliphatic carbocycles. The molecule has 2 saturated heterocycles. The number of carbonyl (C=O) groups is 3. The van der Waals surface area contributed by atoms with Crippen LogP contribution in [-0.2, 0) is 14.4 Å². The molecule has 2 aliphatic rings. The zero-order valence-corrected chi connectivity index (χ0v) is 17.2. The van der Waals surface area contributed by atoms with Gasteiger partial charge in [0.25, 0.3) is 0 Å². The van der Waals surface area contributed by atoms with Gasteiger partial charge in [0.1, 0.15) is 0 Å². The molecule has 2 atom stereocenters. The summed E-state index contributed by atoms with van der Waals surface area (Å²) in [6.45, 7) is 8.70. The van der Waals surface area contributed by atoms with Crippen molar-refractivity contribution in [2.24, 2.45) is 5.92 Å². The van der Waals surface area contributed by atoms with Crippen molar-refractivity contribution < 1.29 is 14.4 Å². The zero-order valence-electron chi connectivity index (χ0n) is 17.2. The van der Waals surface area contributed by atoms with Gasteiger partial charge in [0.2, 0.25) is 17.7 Å². The summed E-state index contributed by atoms with van der Waals surface area (Å²) in [4.78, 5) is 43.3. The summed E-state index contributed by atoms with van der Waals surface area (Å²) in [5.74, 6) is 0.0640. The van der Waals surface area contributed by atoms with Gasteiger partial charge in [-0.25, -0.2) is 0 Å². The molecule has 6 heteroatoms. The SMILES string of the molecule is CCN1C(=O)CC[C@@H](C(=O)N2CCCN(C(C)=O)CC2)[C@@H]1c1ccc(C)cc1. The molecule has 0 spiro atoms. The Kier molecular flexibility index (Phi) is 6.37. The van der Waals surface area contributed by atoms with E-state index < -0.39 is 0 Å². The van der Waals surface area contributed by atoms with E-state index in [1.54, 1.807) is 6.92 Å². The number of hydrogen-bond acceptors (Lipinski definition) is 3. The largest absolute Gasteiger partial charge is 0.341 e. The Balaban J connectivity index is 1.84. The van der Waals surface area contributed by atoms with Crippen LogP contribution in [0.4, 0.5) is 0 Å². The van der Waals surface area contributed by atoms with Crippen LogP contribution in [0.25, 0.3) is 0 Å². The Morgan fingerprint density at radius 3 is 2.32 bits per heavy atom. The fourth-order valence-corrected chi connectivity index (χ4v) is 4.45. The van der Waals surface area contributed by atoms with E-state index in [0.717, 1.165) is 17.5 Å². The quantitative estimate of drug-likeness (QED) is 0.803. The summed E-state index contributed by atoms with van der Waals surface area (Å²) in [6, 6.07) is 7.95. The van der Waals surface area contributed by atoms with E-state index in [2.05, 4.69) is 0 Å². The molecule has 0 N–H and O–H groups in total. The number of nitrogens with zero attached hydrogens (tertiary/aromatic N) is 3. The van der Waals surface area contributed by atoms with Crippen molar-refractivity contribution in [3.63, 3.8) is 0 Å². The molecule has 1 aromatic rings. The lowest BCUT2D eigenvalue weighted by atomic mass is 9.83. The molecule has 152 valence electrons. The van der Waals surface area contributed by atoms with Gasteiger partial charge in [-0.3, -0.25) is 14.4 Å². The number of benzene rings is 1. The molecule has 0 bridgehead atoms. The van der Waals surface area contributed by atoms with Crippen molar-refractivity contribution in [3.8, 4) is 0 Å². The topological polar surface area (TPSA) is 60.9 Å². The van der Waals surface area contributed by atoms with Crippen LogP contribution in [0.1, 0.15) is 50.3 Å². The maximum absolute atomic E-state index is 13.5. The third-order valence-corrected chi connectivity index (χ3v) is 6.04. The van der Waals surface area contributed by atoms with Crippen LogP contribution in [0.3, 0.4) is 0 Å². The van der Waals surface area contributed by atoms with E-state index in [1.807, 2.05) is 52.8 Å². The second-order valence-corrected chi connectivity index (χ2v) is 7.87. The minimum Gasteiger partial charge on any atom is -0.341 e. The molecule has 0 radical (unpaired) electrons. The van der Waals surface area contributed by atoms with E-state index in [-0.39, 0.29) is 29.7 Å². The molecular formula is C22H31N3O3. The molecule has 3 rings (SSSR count). The van der Waals surface area contributed by atoms with Gasteiger partial charge < -0.3 is 14.7 Å². The first-order valence-electron chi connectivity index (χ1n) is 10.3. The number of rotatable bonds is 3. The van der Waals surface area contributed by atoms with Crippen molar-refractivity contribution in [3.05, 3.63) is 35.4 Å². The number of hydrogen-bond donors (Lipinski definition) is 0. The minimum atomic E-state index is -0.232. The Hall–Kier alpha value is -2.37. The number of likely N-dealkylation sites (tertiary alicyclic amines) is 1. The summed E-state index contributed by atoms with van der Waals surface area (Å²) in [5, 5.41) is 0. The zero-order chi connectivity index (χ0) is 20.3. The van der Waals surface area contributed by atoms with Gasteiger partial charge in [0.15, 0.2) is 0 Å². The van der Waals surface area contributed by atoms with Crippen molar-refractivity contribution in [1.82, 2.24) is 14.7 Å². The highest BCUT2D eigenvalue weighted by molar-refractivity contribution is 5.85. The van der Waals surface area contributed by atoms with Crippen LogP contribution in [0.5, 0.6) is 0 Å². The van der Waals surface area contributed by atoms with Gasteiger partial charge in [0.05, 0.1) is 12.0 Å². The van der Waals surface area contributed by atoms with Crippen molar-refractivity contribution in [2.75, 3.05) is 32.7 Å². The third-order valence-electron chi connectivity index (χ3n) is 6.04. The maximum Gasteiger partial charge on any atom is 0.228 e. The lowest BCUT2D eigenvalue weighted by Gasteiger charge is -2.42. The van der Waals surface area contributed by atoms with Gasteiger partial charge >= 0.3 is 0 Å². The molecule has 0 unspecified atom stereocenters. The van der Waals surface area contributed by atoms with Crippen LogP contribution < -0.4 is 0 Å². The molecule has 2 fully saturated rings. The maximum atomic E-state index is 13.5. The van der Waals surface area contributed by atoms with E-state index in [4.69, 9.17) is 0 Å². The highest BCUT2D eigenvalue weighted by atomic mass is 16.2. The third kappa shape index (κ3) is 4.21. The van der Waals surface area contributed by atoms with Crippen molar-refractivity contribution >= 4 is 17.7 Å². The molecular weight excluding hydrogens is 354 g/mol. The lowest BCUT2D eigenvalue weighted by molar-refractivity contribution is -0.148. The second kappa shape index (κ2) is 8.76. The lowest BCUT2D eigenvalue weighted by Crippen LogP contribution is -2.49. The molecule has 1 aromatic carbocycles. The van der Waals surface area contributed by atoms with Gasteiger partial charge in [-0.05, 0) is 32.3 Å². The molecule has 0 aromatic heterocycles. The first-order valence-corrected chi connectivity index (χ1v) is 10.3. The van der Waals surface area contributed by atoms with E-state index in [0.29, 0.717) is 45.6 Å². The Morgan fingerprint density at radius 2 is 1.68 bits per heavy atom. The summed E-state index contributed by atoms with van der Waals surface area (Å²) < 4.78 is 0. The first-order chi connectivity index (χ1) is 13.4. The monoisotopic (exact) mass is 385 g/mol. The van der Waals surface area contributed by atoms with Gasteiger partial charge in [0, 0.05) is 46.1 Å². The fourth-order valence-electron chi connectivity index (χ4n) is 4.45. The predicted molar refractivity (Wildman–Crippen MR) is 107 cm³/mol. The standard InChI is InChI=1S/C22H31N3O3/c1-4-25-20(27)11-10-19(21(25)18-8-6-16(2)7-9-18)22(28)24-13-5-12-23(14-15-24)17(3)26/h6-9,19,21H,4-5,10-15H2,1-3H3/t19-,21+/m1/s1. The van der Waals surface area contributed by atoms with Crippen LogP contribution in [-0.4, -0.2) is 65.1 Å². The van der Waals surface area contributed by atoms with E-state index in [9.17, 15) is 14.4 Å². The smallest absolute Gasteiger partial charge is 0.228 e. The summed E-state index contributed by atoms with van der Waals surface area (Å²) in [6.07, 6.45) is 1.79. The number of carbonyl (C=O) groups excluding carboxylic acids is 3. The predicted octanol–water partition coefficient (Wildman–Crippen LogP) is 2.38. The summed E-state index contributed by atoms with van der Waals surface area (Å²) in [5.41, 5.74) is 2.19. The number of aryl methyl sites for hydroxylation is 1. The fraction of sp³-hybridized carbons (Fsp3) is 0.591. The first kappa shape index (κ1) is 20.4. The average Bonchev–Trinajstić information content (AvgIpc) is 2.94. The van der Waals surface area contributed by atoms with Crippen molar-refractivity contribution in [2.45, 2.75) is 46.1 Å². The molecule has 6 nitrogen and oxygen atoms in total. The van der Waals surface area contributed by atoms with Crippen LogP contribution in [0.15, 0.2) is 24.3 Å². The van der Waals surface area contributed by atoms with Crippen molar-refractivity contribution in [1.29, 1.82) is 0 Å². The Labute approximate surface area is 167 Å². The van der Waals surface area contributed by atoms with Crippen LogP contribution in [0.2, 0.25) is 0 Å². The van der Waals surface area contributed by atoms with Crippen LogP contribution >= 0.6 is 0 Å². The van der Waals surface area contributed by atoms with E-state index >= 15 is 0 Å². The molecule has 3 amide bonds. The highest BCUT2D eigenvalue weighted by Crippen LogP contribution is 2.38. The summed E-state index contributed by atoms with van der Waals surface area (Å²) in [7, 11) is 0. The summed E-state index contributed by atoms with van der Waals surface area (Å²) >= 11 is 0. The average molecular weight is 386 g/mol. The van der Waals surface area contributed by atoms with Gasteiger partial charge in [-0.15, -0.1) is 0 Å². The molecule has 28 heavy (non-hydrogen) atoms. The minimum absolute atomic E-state index is 0.0623. The Morgan fingerprint density at radius 1 is 1.04 bits per heavy atom. The highest BCUT2D eigenvalue weighted by Gasteiger charge is 2.41. The van der Waals surface area contributed by atoms with Crippen LogP contribution in [0, 0.1) is 12.8 Å². The molecule has 0 saturated carbocycles. The van der Waals surface area contributed by atoms with Gasteiger partial charge in [-0.1, -0.05) is 29.8 Å². The molecule has 2 aliphatic heterocycles. The Bertz CT molecular complexity index is 731.